The molecule has 1 aromatic carbocycles. The van der Waals surface area contributed by atoms with Crippen molar-refractivity contribution in [2.45, 2.75) is 32.6 Å². The maximum absolute atomic E-state index is 14.0. The molecule has 0 radical (unpaired) electrons. The molecule has 2 aromatic heterocycles. The second kappa shape index (κ2) is 11.9. The van der Waals surface area contributed by atoms with E-state index in [2.05, 4.69) is 22.2 Å². The molecular weight excluding hydrogens is 496 g/mol. The number of halogens is 2. The zero-order chi connectivity index (χ0) is 26.5. The molecule has 204 valence electrons. The van der Waals surface area contributed by atoms with Crippen molar-refractivity contribution in [2.75, 3.05) is 62.8 Å². The third-order valence-corrected chi connectivity index (χ3v) is 6.85. The number of imidazole rings is 1. The number of hydrogen-bond donors (Lipinski definition) is 1. The molecule has 0 spiro atoms. The number of unbranched alkanes of at least 4 members (excludes halogenated alkanes) is 1. The first-order valence-corrected chi connectivity index (χ1v) is 13.2. The second-order valence-corrected chi connectivity index (χ2v) is 9.56. The van der Waals surface area contributed by atoms with Crippen LogP contribution in [0.2, 0.25) is 0 Å². The molecule has 10 nitrogen and oxygen atoms in total. The van der Waals surface area contributed by atoms with Crippen molar-refractivity contribution in [1.82, 2.24) is 24.4 Å². The van der Waals surface area contributed by atoms with Gasteiger partial charge in [0.2, 0.25) is 5.95 Å². The molecule has 2 fully saturated rings. The van der Waals surface area contributed by atoms with Crippen LogP contribution < -0.4 is 10.2 Å². The first-order chi connectivity index (χ1) is 18.5. The van der Waals surface area contributed by atoms with Crippen LogP contribution in [-0.2, 0) is 9.47 Å². The van der Waals surface area contributed by atoms with Crippen LogP contribution in [0.15, 0.2) is 30.3 Å². The number of fused-ring (bicyclic) bond motifs is 1. The number of benzene rings is 1. The highest BCUT2D eigenvalue weighted by Gasteiger charge is 2.28. The lowest BCUT2D eigenvalue weighted by Crippen LogP contribution is -2.37. The van der Waals surface area contributed by atoms with Gasteiger partial charge in [-0.1, -0.05) is 25.5 Å². The van der Waals surface area contributed by atoms with Crippen molar-refractivity contribution < 1.29 is 23.0 Å². The van der Waals surface area contributed by atoms with Crippen molar-refractivity contribution in [3.63, 3.8) is 0 Å². The Bertz CT molecular complexity index is 1250. The molecule has 0 aliphatic carbocycles. The number of hydrogen-bond acceptors (Lipinski definition) is 8. The minimum absolute atomic E-state index is 0.213. The molecule has 0 bridgehead atoms. The first kappa shape index (κ1) is 26.1. The fourth-order valence-corrected chi connectivity index (χ4v) is 4.77. The Labute approximate surface area is 219 Å². The summed E-state index contributed by atoms with van der Waals surface area (Å²) in [4.78, 5) is 29.6. The molecule has 2 saturated heterocycles. The number of likely N-dealkylation sites (tertiary alicyclic amines) is 1. The lowest BCUT2D eigenvalue weighted by atomic mass is 10.1. The third-order valence-electron chi connectivity index (χ3n) is 6.85. The van der Waals surface area contributed by atoms with Crippen LogP contribution in [-0.4, -0.2) is 83.1 Å². The highest BCUT2D eigenvalue weighted by atomic mass is 19.3. The standard InChI is InChI=1S/C26H33F2N7O3/c1-2-3-12-38-26(36)34-9-8-18(17-34)16-29-21-15-22(32-25(31-21)33-10-13-37-14-11-33)35-20-7-5-4-6-19(20)30-24(35)23(27)28/h4-7,15,18,23H,2-3,8-14,16-17H2,1H3,(H,29,31,32)/t18-/m1/s1. The molecule has 1 N–H and O–H groups in total. The maximum atomic E-state index is 14.0. The van der Waals surface area contributed by atoms with Gasteiger partial charge in [0.05, 0.1) is 30.9 Å². The Hall–Kier alpha value is -3.54. The Morgan fingerprint density at radius 3 is 2.79 bits per heavy atom. The van der Waals surface area contributed by atoms with Crippen LogP contribution >= 0.6 is 0 Å². The van der Waals surface area contributed by atoms with Gasteiger partial charge in [-0.2, -0.15) is 9.97 Å². The van der Waals surface area contributed by atoms with Crippen molar-refractivity contribution in [3.05, 3.63) is 36.2 Å². The van der Waals surface area contributed by atoms with Gasteiger partial charge in [0.25, 0.3) is 6.43 Å². The minimum atomic E-state index is -2.78. The Morgan fingerprint density at radius 2 is 2.00 bits per heavy atom. The number of aromatic nitrogens is 4. The zero-order valence-corrected chi connectivity index (χ0v) is 21.5. The summed E-state index contributed by atoms with van der Waals surface area (Å²) in [5, 5.41) is 3.37. The number of ether oxygens (including phenoxy) is 2. The van der Waals surface area contributed by atoms with E-state index in [4.69, 9.17) is 14.5 Å². The van der Waals surface area contributed by atoms with Gasteiger partial charge in [0, 0.05) is 38.8 Å². The van der Waals surface area contributed by atoms with Gasteiger partial charge in [0.1, 0.15) is 11.6 Å². The highest BCUT2D eigenvalue weighted by molar-refractivity contribution is 5.78. The van der Waals surface area contributed by atoms with E-state index in [9.17, 15) is 13.6 Å². The van der Waals surface area contributed by atoms with E-state index in [1.807, 2.05) is 4.90 Å². The largest absolute Gasteiger partial charge is 0.449 e. The predicted molar refractivity (Wildman–Crippen MR) is 139 cm³/mol. The maximum Gasteiger partial charge on any atom is 0.409 e. The summed E-state index contributed by atoms with van der Waals surface area (Å²) in [6, 6.07) is 8.70. The molecule has 1 atom stereocenters. The number of rotatable bonds is 9. The number of alkyl halides is 2. The lowest BCUT2D eigenvalue weighted by Gasteiger charge is -2.27. The highest BCUT2D eigenvalue weighted by Crippen LogP contribution is 2.29. The van der Waals surface area contributed by atoms with Crippen LogP contribution in [0.25, 0.3) is 16.9 Å². The molecule has 0 saturated carbocycles. The topological polar surface area (TPSA) is 97.6 Å². The SMILES string of the molecule is CCCCOC(=O)N1CC[C@H](CNc2cc(-n3c(C(F)F)nc4ccccc43)nc(N3CCOCC3)n2)C1. The van der Waals surface area contributed by atoms with E-state index in [1.54, 1.807) is 35.2 Å². The molecular formula is C26H33F2N7O3. The number of carbonyl (C=O) groups is 1. The number of anilines is 2. The van der Waals surface area contributed by atoms with Crippen molar-refractivity contribution >= 4 is 28.9 Å². The average molecular weight is 530 g/mol. The van der Waals surface area contributed by atoms with Gasteiger partial charge in [-0.15, -0.1) is 0 Å². The Morgan fingerprint density at radius 1 is 1.18 bits per heavy atom. The van der Waals surface area contributed by atoms with Crippen LogP contribution in [0, 0.1) is 5.92 Å². The molecule has 5 rings (SSSR count). The molecule has 1 amide bonds. The number of carbonyl (C=O) groups excluding carboxylic acids is 1. The lowest BCUT2D eigenvalue weighted by molar-refractivity contribution is 0.108. The fourth-order valence-electron chi connectivity index (χ4n) is 4.77. The van der Waals surface area contributed by atoms with E-state index in [0.29, 0.717) is 81.2 Å². The van der Waals surface area contributed by atoms with E-state index >= 15 is 0 Å². The van der Waals surface area contributed by atoms with E-state index in [0.717, 1.165) is 19.3 Å². The third kappa shape index (κ3) is 5.79. The first-order valence-electron chi connectivity index (χ1n) is 13.2. The van der Waals surface area contributed by atoms with Gasteiger partial charge in [-0.25, -0.2) is 18.6 Å². The monoisotopic (exact) mass is 529 g/mol. The molecule has 12 heteroatoms. The van der Waals surface area contributed by atoms with Crippen LogP contribution in [0.1, 0.15) is 38.4 Å². The van der Waals surface area contributed by atoms with Crippen molar-refractivity contribution in [2.24, 2.45) is 5.92 Å². The number of para-hydroxylation sites is 2. The number of nitrogens with zero attached hydrogens (tertiary/aromatic N) is 6. The Balaban J connectivity index is 1.38. The average Bonchev–Trinajstić information content (AvgIpc) is 3.58. The molecule has 2 aliphatic rings. The van der Waals surface area contributed by atoms with Crippen molar-refractivity contribution in [3.8, 4) is 5.82 Å². The fraction of sp³-hybridized carbons (Fsp3) is 0.538. The summed E-state index contributed by atoms with van der Waals surface area (Å²) in [6.45, 7) is 6.59. The van der Waals surface area contributed by atoms with E-state index < -0.39 is 6.43 Å². The molecule has 0 unspecified atom stereocenters. The summed E-state index contributed by atoms with van der Waals surface area (Å²) in [7, 11) is 0. The van der Waals surface area contributed by atoms with Gasteiger partial charge in [-0.05, 0) is 30.9 Å². The van der Waals surface area contributed by atoms with E-state index in [1.165, 1.54) is 4.57 Å². The van der Waals surface area contributed by atoms with Gasteiger partial charge < -0.3 is 24.6 Å². The summed E-state index contributed by atoms with van der Waals surface area (Å²) >= 11 is 0. The number of morpholine rings is 1. The summed E-state index contributed by atoms with van der Waals surface area (Å²) in [6.07, 6.45) is -0.383. The molecule has 3 aromatic rings. The van der Waals surface area contributed by atoms with Crippen LogP contribution in [0.4, 0.5) is 25.3 Å². The zero-order valence-electron chi connectivity index (χ0n) is 21.5. The molecule has 4 heterocycles. The predicted octanol–water partition coefficient (Wildman–Crippen LogP) is 4.26. The van der Waals surface area contributed by atoms with Gasteiger partial charge in [0.15, 0.2) is 5.82 Å². The van der Waals surface area contributed by atoms with E-state index in [-0.39, 0.29) is 17.8 Å². The minimum Gasteiger partial charge on any atom is -0.449 e. The van der Waals surface area contributed by atoms with Gasteiger partial charge >= 0.3 is 6.09 Å². The number of amides is 1. The molecule has 38 heavy (non-hydrogen) atoms. The smallest absolute Gasteiger partial charge is 0.409 e. The van der Waals surface area contributed by atoms with Crippen molar-refractivity contribution in [1.29, 1.82) is 0 Å². The van der Waals surface area contributed by atoms with Gasteiger partial charge in [-0.3, -0.25) is 4.57 Å². The summed E-state index contributed by atoms with van der Waals surface area (Å²) < 4.78 is 40.3. The van der Waals surface area contributed by atoms with Crippen LogP contribution in [0.5, 0.6) is 0 Å². The van der Waals surface area contributed by atoms with Crippen LogP contribution in [0.3, 0.4) is 0 Å². The number of nitrogens with one attached hydrogen (secondary N) is 1. The quantitative estimate of drug-likeness (QED) is 0.411. The summed E-state index contributed by atoms with van der Waals surface area (Å²) in [5.41, 5.74) is 1.02. The molecule has 2 aliphatic heterocycles. The normalized spacial score (nSPS) is 17.9. The second-order valence-electron chi connectivity index (χ2n) is 9.56. The summed E-state index contributed by atoms with van der Waals surface area (Å²) in [5.74, 6) is 1.14. The Kier molecular flexibility index (Phi) is 8.16.